The zero-order valence-corrected chi connectivity index (χ0v) is 42.5. The van der Waals surface area contributed by atoms with Gasteiger partial charge in [-0.15, -0.1) is 0 Å². The van der Waals surface area contributed by atoms with Crippen LogP contribution in [-0.4, -0.2) is 101 Å². The molecule has 2 aromatic heterocycles. The third kappa shape index (κ3) is 14.3. The van der Waals surface area contributed by atoms with Gasteiger partial charge in [0.15, 0.2) is 11.6 Å². The van der Waals surface area contributed by atoms with Crippen molar-refractivity contribution in [1.29, 1.82) is 0 Å². The molecule has 75 heavy (non-hydrogen) atoms. The summed E-state index contributed by atoms with van der Waals surface area (Å²) in [5.41, 5.74) is 2.46. The van der Waals surface area contributed by atoms with Gasteiger partial charge in [0.2, 0.25) is 0 Å². The lowest BCUT2D eigenvalue weighted by Crippen LogP contribution is -2.44. The summed E-state index contributed by atoms with van der Waals surface area (Å²) < 4.78 is 106. The number of aromatic nitrogens is 2. The summed E-state index contributed by atoms with van der Waals surface area (Å²) in [7, 11) is 3.09. The number of fused-ring (bicyclic) bond motifs is 2. The number of piperidine rings is 2. The van der Waals surface area contributed by atoms with Crippen LogP contribution in [0.25, 0.3) is 21.8 Å². The molecule has 18 heteroatoms. The smallest absolute Gasteiger partial charge is 0.162 e. The number of likely N-dealkylation sites (tertiary alicyclic amines) is 1. The molecule has 11 nitrogen and oxygen atoms in total. The van der Waals surface area contributed by atoms with E-state index < -0.39 is 66.2 Å². The number of aliphatic hydroxyl groups is 4. The fourth-order valence-corrected chi connectivity index (χ4v) is 10.9. The molecular weight excluding hydrogens is 984 g/mol. The number of benzene rings is 4. The highest BCUT2D eigenvalue weighted by atomic mass is 19.2. The van der Waals surface area contributed by atoms with E-state index in [9.17, 15) is 51.2 Å². The van der Waals surface area contributed by atoms with E-state index in [-0.39, 0.29) is 24.0 Å². The number of ether oxygens (including phenoxy) is 2. The van der Waals surface area contributed by atoms with Gasteiger partial charge >= 0.3 is 0 Å². The van der Waals surface area contributed by atoms with Crippen LogP contribution in [0.15, 0.2) is 79.1 Å². The summed E-state index contributed by atoms with van der Waals surface area (Å²) in [4.78, 5) is 10.9. The number of nitrogens with one attached hydrogen (secondary N) is 2. The van der Waals surface area contributed by atoms with Crippen LogP contribution in [0.5, 0.6) is 11.5 Å². The summed E-state index contributed by atoms with van der Waals surface area (Å²) >= 11 is 0. The SMILES string of the molecule is COc1ccc2ncc(CF)c([C@H](O)CCC3(CO)CCN(CCNc4cc(F)cc(F)c4)CC3)c2c1.COc1ccc2ncc(CF)c([C@H](O)CCC3([C@@H](O)CCCc4cc(F)cc(F)c4F)CCNCC3)c2c1. The van der Waals surface area contributed by atoms with Crippen LogP contribution in [0, 0.1) is 39.9 Å². The van der Waals surface area contributed by atoms with Crippen molar-refractivity contribution < 1.29 is 60.6 Å². The average molecular weight is 1050 g/mol. The second kappa shape index (κ2) is 26.4. The number of methoxy groups -OCH3 is 2. The van der Waals surface area contributed by atoms with Gasteiger partial charge in [-0.1, -0.05) is 0 Å². The normalized spacial score (nSPS) is 16.8. The number of alkyl halides is 2. The van der Waals surface area contributed by atoms with E-state index in [2.05, 4.69) is 25.5 Å². The van der Waals surface area contributed by atoms with Gasteiger partial charge < -0.3 is 45.4 Å². The number of nitrogens with zero attached hydrogens (tertiary/aromatic N) is 3. The van der Waals surface area contributed by atoms with Crippen molar-refractivity contribution in [2.75, 3.05) is 65.4 Å². The van der Waals surface area contributed by atoms with Crippen LogP contribution in [0.1, 0.15) is 104 Å². The Hall–Kier alpha value is -5.63. The highest BCUT2D eigenvalue weighted by Crippen LogP contribution is 2.44. The third-order valence-electron chi connectivity index (χ3n) is 15.4. The Bertz CT molecular complexity index is 2800. The van der Waals surface area contributed by atoms with Crippen molar-refractivity contribution in [3.8, 4) is 11.5 Å². The van der Waals surface area contributed by atoms with Crippen molar-refractivity contribution >= 4 is 27.5 Å². The maximum absolute atomic E-state index is 14.0. The fourth-order valence-electron chi connectivity index (χ4n) is 10.9. The molecule has 0 saturated carbocycles. The summed E-state index contributed by atoms with van der Waals surface area (Å²) in [6.07, 6.45) is 5.65. The van der Waals surface area contributed by atoms with E-state index in [4.69, 9.17) is 9.47 Å². The molecule has 2 fully saturated rings. The van der Waals surface area contributed by atoms with Crippen molar-refractivity contribution in [2.45, 2.75) is 102 Å². The average Bonchev–Trinajstić information content (AvgIpc) is 3.42. The standard InChI is InChI=1S/C29H34F4N2O3.C28H34F3N3O3/c1-38-21-5-6-24-22(15-21)27(19(16-30)17-35-24)25(36)7-8-29(9-11-34-12-10-29)26(37)4-2-3-18-13-20(31)14-23(32)28(18)33;1-37-23-2-3-25-24(15-23)27(19(16-29)17-33-25)26(36)4-5-28(18-35)6-9-34(10-7-28)11-8-32-22-13-20(30)12-21(31)14-22/h5-6,13-15,17,25-26,34,36-37H,2-4,7-12,16H2,1H3;2-3,12-15,17,26,32,35-36H,4-11,16,18H2,1H3/t25-,26+;26-/m11/s1. The first kappa shape index (κ1) is 57.1. The maximum Gasteiger partial charge on any atom is 0.162 e. The molecule has 8 rings (SSSR count). The predicted octanol–water partition coefficient (Wildman–Crippen LogP) is 10.7. The monoisotopic (exact) mass is 1050 g/mol. The predicted molar refractivity (Wildman–Crippen MR) is 274 cm³/mol. The van der Waals surface area contributed by atoms with Gasteiger partial charge in [-0.3, -0.25) is 9.97 Å². The molecule has 6 N–H and O–H groups in total. The van der Waals surface area contributed by atoms with Gasteiger partial charge in [-0.05, 0) is 179 Å². The largest absolute Gasteiger partial charge is 0.497 e. The van der Waals surface area contributed by atoms with Crippen molar-refractivity contribution in [3.63, 3.8) is 0 Å². The number of hydrogen-bond donors (Lipinski definition) is 6. The summed E-state index contributed by atoms with van der Waals surface area (Å²) in [5, 5.41) is 51.6. The Morgan fingerprint density at radius 2 is 1.23 bits per heavy atom. The molecule has 2 aliphatic heterocycles. The third-order valence-corrected chi connectivity index (χ3v) is 15.4. The highest BCUT2D eigenvalue weighted by Gasteiger charge is 2.39. The Kier molecular flexibility index (Phi) is 20.1. The minimum Gasteiger partial charge on any atom is -0.497 e. The number of rotatable bonds is 22. The van der Waals surface area contributed by atoms with Crippen LogP contribution in [-0.2, 0) is 19.8 Å². The zero-order valence-electron chi connectivity index (χ0n) is 42.5. The second-order valence-corrected chi connectivity index (χ2v) is 20.0. The van der Waals surface area contributed by atoms with E-state index in [0.29, 0.717) is 145 Å². The molecule has 0 bridgehead atoms. The number of anilines is 1. The molecule has 0 unspecified atom stereocenters. The molecule has 0 spiro atoms. The minimum atomic E-state index is -1.22. The number of aliphatic hydroxyl groups excluding tert-OH is 4. The molecule has 0 radical (unpaired) electrons. The lowest BCUT2D eigenvalue weighted by atomic mass is 9.69. The van der Waals surface area contributed by atoms with Crippen LogP contribution in [0.4, 0.5) is 36.4 Å². The number of pyridine rings is 2. The van der Waals surface area contributed by atoms with E-state index in [1.165, 1.54) is 31.6 Å². The molecular formula is C57H68F7N5O6. The van der Waals surface area contributed by atoms with Crippen LogP contribution in [0.3, 0.4) is 0 Å². The van der Waals surface area contributed by atoms with E-state index in [0.717, 1.165) is 38.1 Å². The maximum atomic E-state index is 14.0. The lowest BCUT2D eigenvalue weighted by Gasteiger charge is -2.42. The van der Waals surface area contributed by atoms with Crippen molar-refractivity contribution in [3.05, 3.63) is 136 Å². The molecule has 406 valence electrons. The van der Waals surface area contributed by atoms with Crippen molar-refractivity contribution in [2.24, 2.45) is 10.8 Å². The molecule has 4 heterocycles. The highest BCUT2D eigenvalue weighted by molar-refractivity contribution is 5.86. The molecule has 2 aliphatic rings. The fraction of sp³-hybridized carbons (Fsp3) is 0.474. The van der Waals surface area contributed by atoms with E-state index in [1.807, 2.05) is 0 Å². The molecule has 0 amide bonds. The molecule has 6 aromatic rings. The first-order valence-electron chi connectivity index (χ1n) is 25.6. The summed E-state index contributed by atoms with van der Waals surface area (Å²) in [6.45, 7) is 2.66. The van der Waals surface area contributed by atoms with Gasteiger partial charge in [0.05, 0.1) is 43.6 Å². The van der Waals surface area contributed by atoms with Crippen LogP contribution < -0.4 is 20.1 Å². The first-order chi connectivity index (χ1) is 36.1. The molecule has 2 saturated heterocycles. The topological polar surface area (TPSA) is 152 Å². The van der Waals surface area contributed by atoms with E-state index in [1.54, 1.807) is 43.5 Å². The van der Waals surface area contributed by atoms with Gasteiger partial charge in [-0.25, -0.2) is 30.7 Å². The van der Waals surface area contributed by atoms with Crippen LogP contribution >= 0.6 is 0 Å². The Balaban J connectivity index is 0.000000219. The quantitative estimate of drug-likeness (QED) is 0.0285. The number of aryl methyl sites for hydroxylation is 1. The Morgan fingerprint density at radius 3 is 1.76 bits per heavy atom. The first-order valence-corrected chi connectivity index (χ1v) is 25.6. The molecule has 0 aliphatic carbocycles. The van der Waals surface area contributed by atoms with Crippen LogP contribution in [0.2, 0.25) is 0 Å². The summed E-state index contributed by atoms with van der Waals surface area (Å²) in [5.74, 6) is -3.18. The van der Waals surface area contributed by atoms with Crippen molar-refractivity contribution in [1.82, 2.24) is 20.2 Å². The second-order valence-electron chi connectivity index (χ2n) is 20.0. The van der Waals surface area contributed by atoms with Gasteiger partial charge in [0.1, 0.15) is 42.3 Å². The van der Waals surface area contributed by atoms with E-state index >= 15 is 0 Å². The Labute approximate surface area is 433 Å². The molecule has 4 aromatic carbocycles. The van der Waals surface area contributed by atoms with Gasteiger partial charge in [0.25, 0.3) is 0 Å². The molecule has 3 atom stereocenters. The minimum absolute atomic E-state index is 0.00919. The lowest BCUT2D eigenvalue weighted by molar-refractivity contribution is -0.0210. The number of hydrogen-bond acceptors (Lipinski definition) is 11. The number of halogens is 7. The Morgan fingerprint density at radius 1 is 0.680 bits per heavy atom. The zero-order chi connectivity index (χ0) is 53.7. The van der Waals surface area contributed by atoms with Gasteiger partial charge in [0, 0.05) is 71.8 Å². The van der Waals surface area contributed by atoms with Gasteiger partial charge in [-0.2, -0.15) is 0 Å². The summed E-state index contributed by atoms with van der Waals surface area (Å²) in [6, 6.07) is 15.5.